The number of carbonyl (C=O) groups excluding carboxylic acids is 1. The second-order valence-electron chi connectivity index (χ2n) is 8.86. The zero-order valence-electron chi connectivity index (χ0n) is 18.4. The Balaban J connectivity index is 1.24. The van der Waals surface area contributed by atoms with Crippen molar-refractivity contribution >= 4 is 39.3 Å². The van der Waals surface area contributed by atoms with Crippen molar-refractivity contribution < 1.29 is 13.2 Å². The van der Waals surface area contributed by atoms with Gasteiger partial charge in [-0.2, -0.15) is 12.7 Å². The van der Waals surface area contributed by atoms with E-state index >= 15 is 0 Å². The third-order valence-corrected chi connectivity index (χ3v) is 8.92. The number of benzene rings is 2. The van der Waals surface area contributed by atoms with E-state index in [0.29, 0.717) is 40.7 Å². The summed E-state index contributed by atoms with van der Waals surface area (Å²) < 4.78 is 28.9. The van der Waals surface area contributed by atoms with Crippen LogP contribution in [0.3, 0.4) is 0 Å². The van der Waals surface area contributed by atoms with Crippen molar-refractivity contribution in [1.82, 2.24) is 13.9 Å². The highest BCUT2D eigenvalue weighted by Gasteiger charge is 2.33. The van der Waals surface area contributed by atoms with Crippen LogP contribution in [0.15, 0.2) is 48.5 Å². The number of halogens is 2. The van der Waals surface area contributed by atoms with Crippen LogP contribution in [0, 0.1) is 5.92 Å². The molecule has 4 rings (SSSR count). The van der Waals surface area contributed by atoms with E-state index < -0.39 is 16.1 Å². The predicted molar refractivity (Wildman–Crippen MR) is 132 cm³/mol. The predicted octanol–water partition coefficient (Wildman–Crippen LogP) is 4.39. The summed E-state index contributed by atoms with van der Waals surface area (Å²) in [5, 5.41) is 1.19. The maximum atomic E-state index is 12.7. The van der Waals surface area contributed by atoms with Gasteiger partial charge in [0.2, 0.25) is 0 Å². The topological polar surface area (TPSA) is 69.7 Å². The number of hydrogen-bond donors (Lipinski definition) is 1. The van der Waals surface area contributed by atoms with Crippen molar-refractivity contribution in [3.05, 3.63) is 69.7 Å². The Hall–Kier alpha value is -1.64. The Morgan fingerprint density at radius 2 is 1.58 bits per heavy atom. The molecule has 0 bridgehead atoms. The maximum Gasteiger partial charge on any atom is 0.304 e. The third kappa shape index (κ3) is 6.28. The molecule has 0 unspecified atom stereocenters. The molecule has 33 heavy (non-hydrogen) atoms. The van der Waals surface area contributed by atoms with Gasteiger partial charge in [0.1, 0.15) is 0 Å². The molecule has 2 fully saturated rings. The number of likely N-dealkylation sites (tertiary alicyclic amines) is 1. The Kier molecular flexibility index (Phi) is 7.97. The molecule has 0 radical (unpaired) electrons. The van der Waals surface area contributed by atoms with E-state index in [1.807, 2.05) is 18.2 Å². The average molecular weight is 510 g/mol. The van der Waals surface area contributed by atoms with Crippen LogP contribution in [-0.4, -0.2) is 55.8 Å². The van der Waals surface area contributed by atoms with Crippen LogP contribution in [0.5, 0.6) is 0 Å². The van der Waals surface area contributed by atoms with Gasteiger partial charge in [0.25, 0.3) is 5.91 Å². The Morgan fingerprint density at radius 3 is 2.21 bits per heavy atom. The van der Waals surface area contributed by atoms with Crippen LogP contribution in [-0.2, 0) is 16.6 Å². The van der Waals surface area contributed by atoms with Gasteiger partial charge in [-0.1, -0.05) is 47.5 Å². The van der Waals surface area contributed by atoms with Gasteiger partial charge in [0, 0.05) is 24.7 Å². The van der Waals surface area contributed by atoms with Crippen LogP contribution >= 0.6 is 23.2 Å². The number of rotatable bonds is 6. The van der Waals surface area contributed by atoms with Crippen LogP contribution < -0.4 is 4.72 Å². The lowest BCUT2D eigenvalue weighted by atomic mass is 9.89. The summed E-state index contributed by atoms with van der Waals surface area (Å²) in [5.74, 6) is 0.0222. The Labute approximate surface area is 206 Å². The van der Waals surface area contributed by atoms with Gasteiger partial charge < -0.3 is 4.90 Å². The molecule has 1 N–H and O–H groups in total. The summed E-state index contributed by atoms with van der Waals surface area (Å²) in [6, 6.07) is 14.7. The van der Waals surface area contributed by atoms with Crippen molar-refractivity contribution in [2.75, 3.05) is 26.2 Å². The minimum Gasteiger partial charge on any atom is -0.300 e. The first kappa shape index (κ1) is 24.5. The highest BCUT2D eigenvalue weighted by atomic mass is 35.5. The number of amides is 1. The molecule has 2 heterocycles. The van der Waals surface area contributed by atoms with Crippen LogP contribution in [0.25, 0.3) is 0 Å². The molecule has 2 saturated heterocycles. The lowest BCUT2D eigenvalue weighted by molar-refractivity contribution is 0.0944. The van der Waals surface area contributed by atoms with E-state index in [4.69, 9.17) is 23.2 Å². The van der Waals surface area contributed by atoms with Crippen molar-refractivity contribution in [2.45, 2.75) is 38.1 Å². The SMILES string of the molecule is O=C(NS(=O)(=O)N1CCC(N2CCC(Cc3ccc(Cl)c(Cl)c3)CC2)CC1)c1ccccc1. The summed E-state index contributed by atoms with van der Waals surface area (Å²) in [6.45, 7) is 2.89. The molecule has 0 aromatic heterocycles. The maximum absolute atomic E-state index is 12.7. The fourth-order valence-corrected chi connectivity index (χ4v) is 6.29. The number of nitrogens with one attached hydrogen (secondary N) is 1. The molecule has 2 aromatic carbocycles. The standard InChI is InChI=1S/C24H29Cl2N3O3S/c25-22-7-6-19(17-23(22)26)16-18-8-12-28(13-9-18)21-10-14-29(15-11-21)33(31,32)27-24(30)20-4-2-1-3-5-20/h1-7,17-18,21H,8-16H2,(H,27,30). The number of hydrogen-bond acceptors (Lipinski definition) is 4. The van der Waals surface area contributed by atoms with Crippen molar-refractivity contribution in [3.63, 3.8) is 0 Å². The van der Waals surface area contributed by atoms with E-state index in [-0.39, 0.29) is 0 Å². The minimum absolute atomic E-state index is 0.333. The second-order valence-corrected chi connectivity index (χ2v) is 11.3. The Bertz CT molecular complexity index is 1070. The Morgan fingerprint density at radius 1 is 0.909 bits per heavy atom. The summed E-state index contributed by atoms with van der Waals surface area (Å²) in [6.07, 6.45) is 4.79. The third-order valence-electron chi connectivity index (χ3n) is 6.69. The van der Waals surface area contributed by atoms with Crippen LogP contribution in [0.4, 0.5) is 0 Å². The first-order valence-corrected chi connectivity index (χ1v) is 13.6. The zero-order chi connectivity index (χ0) is 23.4. The molecular formula is C24H29Cl2N3O3S. The molecule has 0 aliphatic carbocycles. The molecule has 1 amide bonds. The average Bonchev–Trinajstić information content (AvgIpc) is 2.82. The lowest BCUT2D eigenvalue weighted by Gasteiger charge is -2.41. The van der Waals surface area contributed by atoms with Gasteiger partial charge in [0.05, 0.1) is 10.0 Å². The van der Waals surface area contributed by atoms with Crippen molar-refractivity contribution in [1.29, 1.82) is 0 Å². The van der Waals surface area contributed by atoms with E-state index in [9.17, 15) is 13.2 Å². The first-order chi connectivity index (χ1) is 15.8. The molecule has 0 spiro atoms. The fourth-order valence-electron chi connectivity index (χ4n) is 4.80. The summed E-state index contributed by atoms with van der Waals surface area (Å²) >= 11 is 12.2. The number of carbonyl (C=O) groups is 1. The quantitative estimate of drug-likeness (QED) is 0.626. The van der Waals surface area contributed by atoms with E-state index in [1.54, 1.807) is 30.3 Å². The largest absolute Gasteiger partial charge is 0.304 e. The molecular weight excluding hydrogens is 481 g/mol. The normalized spacial score (nSPS) is 19.5. The number of piperidine rings is 2. The van der Waals surface area contributed by atoms with Gasteiger partial charge in [-0.15, -0.1) is 0 Å². The van der Waals surface area contributed by atoms with Crippen LogP contribution in [0.2, 0.25) is 10.0 Å². The van der Waals surface area contributed by atoms with Gasteiger partial charge in [-0.3, -0.25) is 4.79 Å². The molecule has 0 atom stereocenters. The first-order valence-electron chi connectivity index (χ1n) is 11.4. The van der Waals surface area contributed by atoms with E-state index in [1.165, 1.54) is 9.87 Å². The summed E-state index contributed by atoms with van der Waals surface area (Å²) in [4.78, 5) is 14.8. The zero-order valence-corrected chi connectivity index (χ0v) is 20.7. The second kappa shape index (κ2) is 10.7. The summed E-state index contributed by atoms with van der Waals surface area (Å²) in [7, 11) is -3.84. The van der Waals surface area contributed by atoms with Gasteiger partial charge in [0.15, 0.2) is 0 Å². The van der Waals surface area contributed by atoms with Gasteiger partial charge in [-0.25, -0.2) is 4.72 Å². The molecule has 2 aliphatic heterocycles. The highest BCUT2D eigenvalue weighted by molar-refractivity contribution is 7.87. The van der Waals surface area contributed by atoms with Crippen molar-refractivity contribution in [2.24, 2.45) is 5.92 Å². The monoisotopic (exact) mass is 509 g/mol. The highest BCUT2D eigenvalue weighted by Crippen LogP contribution is 2.29. The molecule has 0 saturated carbocycles. The van der Waals surface area contributed by atoms with Crippen LogP contribution in [0.1, 0.15) is 41.6 Å². The summed E-state index contributed by atoms with van der Waals surface area (Å²) in [5.41, 5.74) is 1.55. The van der Waals surface area contributed by atoms with Gasteiger partial charge in [-0.05, 0) is 80.9 Å². The molecule has 2 aliphatic rings. The molecule has 2 aromatic rings. The van der Waals surface area contributed by atoms with E-state index in [0.717, 1.165) is 45.2 Å². The number of nitrogens with zero attached hydrogens (tertiary/aromatic N) is 2. The van der Waals surface area contributed by atoms with E-state index in [2.05, 4.69) is 9.62 Å². The molecule has 9 heteroatoms. The smallest absolute Gasteiger partial charge is 0.300 e. The lowest BCUT2D eigenvalue weighted by Crippen LogP contribution is -2.52. The molecule has 6 nitrogen and oxygen atoms in total. The minimum atomic E-state index is -3.84. The molecule has 178 valence electrons. The van der Waals surface area contributed by atoms with Crippen molar-refractivity contribution in [3.8, 4) is 0 Å². The fraction of sp³-hybridized carbons (Fsp3) is 0.458. The van der Waals surface area contributed by atoms with Gasteiger partial charge >= 0.3 is 10.2 Å².